The SMILES string of the molecule is Cc1cccc(S(=O)(=O)N2CCCC(CNC(=O)C3CCCN3)C2)c1Cl. The molecule has 1 amide bonds. The highest BCUT2D eigenvalue weighted by atomic mass is 35.5. The Bertz CT molecular complexity index is 763. The lowest BCUT2D eigenvalue weighted by molar-refractivity contribution is -0.123. The van der Waals surface area contributed by atoms with E-state index >= 15 is 0 Å². The quantitative estimate of drug-likeness (QED) is 0.792. The molecule has 2 heterocycles. The summed E-state index contributed by atoms with van der Waals surface area (Å²) in [7, 11) is -3.63. The van der Waals surface area contributed by atoms with Gasteiger partial charge in [0.05, 0.1) is 11.1 Å². The molecule has 0 radical (unpaired) electrons. The van der Waals surface area contributed by atoms with Gasteiger partial charge in [0, 0.05) is 19.6 Å². The average molecular weight is 400 g/mol. The molecular weight excluding hydrogens is 374 g/mol. The summed E-state index contributed by atoms with van der Waals surface area (Å²) in [5, 5.41) is 6.44. The largest absolute Gasteiger partial charge is 0.354 e. The Morgan fingerprint density at radius 2 is 2.15 bits per heavy atom. The van der Waals surface area contributed by atoms with Gasteiger partial charge in [-0.2, -0.15) is 4.31 Å². The summed E-state index contributed by atoms with van der Waals surface area (Å²) < 4.78 is 27.5. The molecule has 2 unspecified atom stereocenters. The number of halogens is 1. The third-order valence-electron chi connectivity index (χ3n) is 5.20. The Kier molecular flexibility index (Phi) is 6.22. The molecule has 2 fully saturated rings. The predicted octanol–water partition coefficient (Wildman–Crippen LogP) is 1.92. The van der Waals surface area contributed by atoms with Gasteiger partial charge in [0.15, 0.2) is 0 Å². The van der Waals surface area contributed by atoms with Gasteiger partial charge < -0.3 is 10.6 Å². The van der Waals surface area contributed by atoms with E-state index in [1.54, 1.807) is 25.1 Å². The third kappa shape index (κ3) is 4.22. The highest BCUT2D eigenvalue weighted by molar-refractivity contribution is 7.89. The number of hydrogen-bond acceptors (Lipinski definition) is 4. The summed E-state index contributed by atoms with van der Waals surface area (Å²) in [6.07, 6.45) is 3.57. The van der Waals surface area contributed by atoms with E-state index in [0.717, 1.165) is 37.8 Å². The number of benzene rings is 1. The van der Waals surface area contributed by atoms with Crippen molar-refractivity contribution in [1.29, 1.82) is 0 Å². The summed E-state index contributed by atoms with van der Waals surface area (Å²) in [4.78, 5) is 12.3. The fourth-order valence-corrected chi connectivity index (χ4v) is 5.76. The molecule has 144 valence electrons. The van der Waals surface area contributed by atoms with Gasteiger partial charge in [0.25, 0.3) is 0 Å². The van der Waals surface area contributed by atoms with E-state index in [2.05, 4.69) is 10.6 Å². The number of piperidine rings is 1. The molecule has 0 aromatic heterocycles. The van der Waals surface area contributed by atoms with Crippen LogP contribution in [-0.4, -0.2) is 50.9 Å². The van der Waals surface area contributed by atoms with Crippen LogP contribution < -0.4 is 10.6 Å². The Hall–Kier alpha value is -1.15. The van der Waals surface area contributed by atoms with Gasteiger partial charge >= 0.3 is 0 Å². The van der Waals surface area contributed by atoms with Gasteiger partial charge in [0.2, 0.25) is 15.9 Å². The first-order chi connectivity index (χ1) is 12.4. The van der Waals surface area contributed by atoms with E-state index in [4.69, 9.17) is 11.6 Å². The maximum absolute atomic E-state index is 13.0. The van der Waals surface area contributed by atoms with Gasteiger partial charge in [-0.05, 0) is 56.7 Å². The van der Waals surface area contributed by atoms with Gasteiger partial charge in [-0.3, -0.25) is 4.79 Å². The van der Waals surface area contributed by atoms with Gasteiger partial charge in [-0.25, -0.2) is 8.42 Å². The van der Waals surface area contributed by atoms with Gasteiger partial charge in [-0.15, -0.1) is 0 Å². The lowest BCUT2D eigenvalue weighted by Crippen LogP contribution is -2.46. The van der Waals surface area contributed by atoms with Crippen molar-refractivity contribution in [3.63, 3.8) is 0 Å². The molecule has 1 aromatic carbocycles. The zero-order valence-electron chi connectivity index (χ0n) is 15.0. The van der Waals surface area contributed by atoms with E-state index in [0.29, 0.717) is 19.6 Å². The maximum Gasteiger partial charge on any atom is 0.244 e. The summed E-state index contributed by atoms with van der Waals surface area (Å²) in [5.74, 6) is 0.136. The highest BCUT2D eigenvalue weighted by Crippen LogP contribution is 2.30. The lowest BCUT2D eigenvalue weighted by Gasteiger charge is -2.32. The third-order valence-corrected chi connectivity index (χ3v) is 7.72. The number of aryl methyl sites for hydroxylation is 1. The standard InChI is InChI=1S/C18H26ClN3O3S/c1-13-5-2-8-16(17(13)19)26(24,25)22-10-4-6-14(12-22)11-21-18(23)15-7-3-9-20-15/h2,5,8,14-15,20H,3-4,6-7,9-12H2,1H3,(H,21,23). The summed E-state index contributed by atoms with van der Waals surface area (Å²) in [6, 6.07) is 4.96. The van der Waals surface area contributed by atoms with Crippen LogP contribution in [0.5, 0.6) is 0 Å². The number of amides is 1. The first-order valence-corrected chi connectivity index (χ1v) is 11.0. The molecule has 0 saturated carbocycles. The van der Waals surface area contributed by atoms with E-state index in [1.807, 2.05) is 0 Å². The van der Waals surface area contributed by atoms with Gasteiger partial charge in [0.1, 0.15) is 4.90 Å². The number of sulfonamides is 1. The molecule has 2 atom stereocenters. The number of nitrogens with one attached hydrogen (secondary N) is 2. The minimum Gasteiger partial charge on any atom is -0.354 e. The van der Waals surface area contributed by atoms with Crippen LogP contribution in [0.2, 0.25) is 5.02 Å². The molecule has 2 aliphatic heterocycles. The maximum atomic E-state index is 13.0. The van der Waals surface area contributed by atoms with E-state index in [9.17, 15) is 13.2 Å². The topological polar surface area (TPSA) is 78.5 Å². The number of hydrogen-bond donors (Lipinski definition) is 2. The first-order valence-electron chi connectivity index (χ1n) is 9.16. The molecule has 0 spiro atoms. The lowest BCUT2D eigenvalue weighted by atomic mass is 9.99. The van der Waals surface area contributed by atoms with E-state index in [-0.39, 0.29) is 27.8 Å². The van der Waals surface area contributed by atoms with Crippen LogP contribution in [0, 0.1) is 12.8 Å². The molecule has 3 rings (SSSR count). The average Bonchev–Trinajstić information content (AvgIpc) is 3.17. The van der Waals surface area contributed by atoms with Crippen molar-refractivity contribution >= 4 is 27.5 Å². The van der Waals surface area contributed by atoms with Crippen LogP contribution in [0.15, 0.2) is 23.1 Å². The van der Waals surface area contributed by atoms with Crippen molar-refractivity contribution < 1.29 is 13.2 Å². The van der Waals surface area contributed by atoms with Crippen molar-refractivity contribution in [3.05, 3.63) is 28.8 Å². The molecule has 6 nitrogen and oxygen atoms in total. The highest BCUT2D eigenvalue weighted by Gasteiger charge is 2.32. The van der Waals surface area contributed by atoms with Crippen LogP contribution in [-0.2, 0) is 14.8 Å². The molecule has 2 N–H and O–H groups in total. The summed E-state index contributed by atoms with van der Waals surface area (Å²) in [5.41, 5.74) is 0.748. The van der Waals surface area contributed by atoms with Crippen LogP contribution in [0.3, 0.4) is 0 Å². The second kappa shape index (κ2) is 8.25. The van der Waals surface area contributed by atoms with Crippen LogP contribution >= 0.6 is 11.6 Å². The number of carbonyl (C=O) groups is 1. The second-order valence-corrected chi connectivity index (χ2v) is 9.44. The fourth-order valence-electron chi connectivity index (χ4n) is 3.65. The van der Waals surface area contributed by atoms with Crippen LogP contribution in [0.1, 0.15) is 31.2 Å². The van der Waals surface area contributed by atoms with Gasteiger partial charge in [-0.1, -0.05) is 23.7 Å². The van der Waals surface area contributed by atoms with Crippen molar-refractivity contribution in [2.45, 2.75) is 43.5 Å². The van der Waals surface area contributed by atoms with Crippen molar-refractivity contribution in [2.75, 3.05) is 26.2 Å². The van der Waals surface area contributed by atoms with Crippen molar-refractivity contribution in [1.82, 2.24) is 14.9 Å². The van der Waals surface area contributed by atoms with E-state index < -0.39 is 10.0 Å². The minimum atomic E-state index is -3.63. The van der Waals surface area contributed by atoms with Crippen molar-refractivity contribution in [3.8, 4) is 0 Å². The first kappa shape index (κ1) is 19.6. The van der Waals surface area contributed by atoms with E-state index in [1.165, 1.54) is 4.31 Å². The predicted molar refractivity (Wildman–Crippen MR) is 102 cm³/mol. The Balaban J connectivity index is 1.64. The fraction of sp³-hybridized carbons (Fsp3) is 0.611. The van der Waals surface area contributed by atoms with Crippen molar-refractivity contribution in [2.24, 2.45) is 5.92 Å². The molecule has 0 aliphatic carbocycles. The monoisotopic (exact) mass is 399 g/mol. The smallest absolute Gasteiger partial charge is 0.244 e. The Labute approximate surface area is 160 Å². The minimum absolute atomic E-state index is 0.0178. The molecule has 0 bridgehead atoms. The van der Waals surface area contributed by atoms with Crippen LogP contribution in [0.4, 0.5) is 0 Å². The Morgan fingerprint density at radius 3 is 2.88 bits per heavy atom. The van der Waals surface area contributed by atoms with Crippen LogP contribution in [0.25, 0.3) is 0 Å². The molecule has 2 aliphatic rings. The normalized spacial score (nSPS) is 24.5. The molecule has 8 heteroatoms. The number of rotatable bonds is 5. The Morgan fingerprint density at radius 1 is 1.35 bits per heavy atom. The molecule has 1 aromatic rings. The molecular formula is C18H26ClN3O3S. The second-order valence-electron chi connectivity index (χ2n) is 7.15. The number of carbonyl (C=O) groups excluding carboxylic acids is 1. The molecule has 2 saturated heterocycles. The summed E-state index contributed by atoms with van der Waals surface area (Å²) >= 11 is 6.24. The molecule has 26 heavy (non-hydrogen) atoms. The zero-order valence-corrected chi connectivity index (χ0v) is 16.6. The number of nitrogens with zero attached hydrogens (tertiary/aromatic N) is 1. The zero-order chi connectivity index (χ0) is 18.7. The summed E-state index contributed by atoms with van der Waals surface area (Å²) in [6.45, 7) is 4.08.